The normalized spacial score (nSPS) is 17.2. The first kappa shape index (κ1) is 21.3. The summed E-state index contributed by atoms with van der Waals surface area (Å²) >= 11 is 6.07. The highest BCUT2D eigenvalue weighted by molar-refractivity contribution is 6.31. The number of morpholine rings is 2. The molecule has 0 radical (unpaired) electrons. The number of hydrogen-bond acceptors (Lipinski definition) is 11. The molecule has 2 N–H and O–H groups in total. The summed E-state index contributed by atoms with van der Waals surface area (Å²) in [5, 5.41) is 14.8. The predicted octanol–water partition coefficient (Wildman–Crippen LogP) is 1.36. The third kappa shape index (κ3) is 5.24. The van der Waals surface area contributed by atoms with Gasteiger partial charge in [0.15, 0.2) is 11.5 Å². The van der Waals surface area contributed by atoms with Crippen LogP contribution in [0.25, 0.3) is 0 Å². The van der Waals surface area contributed by atoms with Crippen molar-refractivity contribution in [3.63, 3.8) is 0 Å². The smallest absolute Gasteiger partial charge is 0.250 e. The Kier molecular flexibility index (Phi) is 6.85. The van der Waals surface area contributed by atoms with Gasteiger partial charge in [-0.15, -0.1) is 0 Å². The molecule has 3 heterocycles. The summed E-state index contributed by atoms with van der Waals surface area (Å²) < 4.78 is 16.0. The Bertz CT molecular complexity index is 897. The third-order valence-corrected chi connectivity index (χ3v) is 5.08. The summed E-state index contributed by atoms with van der Waals surface area (Å²) in [4.78, 5) is 17.8. The van der Waals surface area contributed by atoms with Crippen LogP contribution in [0.15, 0.2) is 17.2 Å². The molecule has 0 aliphatic carbocycles. The molecule has 2 aliphatic heterocycles. The summed E-state index contributed by atoms with van der Waals surface area (Å²) in [6, 6.07) is 3.10. The van der Waals surface area contributed by atoms with Gasteiger partial charge in [-0.2, -0.15) is 20.1 Å². The van der Waals surface area contributed by atoms with E-state index in [1.54, 1.807) is 6.07 Å². The number of phenolic OH excluding ortho intramolecular Hbond substituents is 1. The van der Waals surface area contributed by atoms with E-state index in [0.29, 0.717) is 81.0 Å². The number of aromatic nitrogens is 3. The predicted molar refractivity (Wildman–Crippen MR) is 117 cm³/mol. The molecule has 0 bridgehead atoms. The average Bonchev–Trinajstić information content (AvgIpc) is 2.82. The number of halogens is 1. The van der Waals surface area contributed by atoms with Crippen LogP contribution in [-0.2, 0) is 9.47 Å². The van der Waals surface area contributed by atoms with Crippen LogP contribution in [0.4, 0.5) is 17.8 Å². The van der Waals surface area contributed by atoms with Crippen molar-refractivity contribution in [2.24, 2.45) is 5.10 Å². The van der Waals surface area contributed by atoms with Gasteiger partial charge in [-0.1, -0.05) is 11.6 Å². The van der Waals surface area contributed by atoms with Crippen molar-refractivity contribution >= 4 is 35.7 Å². The van der Waals surface area contributed by atoms with E-state index in [1.807, 2.05) is 0 Å². The summed E-state index contributed by atoms with van der Waals surface area (Å²) in [6.07, 6.45) is 1.43. The molecule has 1 aromatic carbocycles. The minimum Gasteiger partial charge on any atom is -0.504 e. The van der Waals surface area contributed by atoms with Gasteiger partial charge >= 0.3 is 0 Å². The van der Waals surface area contributed by atoms with Crippen LogP contribution in [-0.4, -0.2) is 86.0 Å². The van der Waals surface area contributed by atoms with E-state index in [1.165, 1.54) is 19.4 Å². The maximum absolute atomic E-state index is 10.3. The van der Waals surface area contributed by atoms with Gasteiger partial charge in [0.2, 0.25) is 17.8 Å². The van der Waals surface area contributed by atoms with Gasteiger partial charge in [0.25, 0.3) is 0 Å². The van der Waals surface area contributed by atoms with Crippen LogP contribution >= 0.6 is 11.6 Å². The minimum atomic E-state index is -0.0592. The van der Waals surface area contributed by atoms with E-state index in [2.05, 4.69) is 35.3 Å². The van der Waals surface area contributed by atoms with Crippen molar-refractivity contribution in [1.29, 1.82) is 0 Å². The SMILES string of the molecule is COc1cc(Cl)cc(/C=N\Nc2nc(N3CCOCC3)nc(N3CCOCC3)n2)c1O. The van der Waals surface area contributed by atoms with Crippen molar-refractivity contribution in [2.75, 3.05) is 74.9 Å². The van der Waals surface area contributed by atoms with E-state index in [9.17, 15) is 5.11 Å². The van der Waals surface area contributed by atoms with Crippen LogP contribution in [0.3, 0.4) is 0 Å². The molecule has 0 unspecified atom stereocenters. The Morgan fingerprint density at radius 2 is 1.61 bits per heavy atom. The van der Waals surface area contributed by atoms with E-state index in [-0.39, 0.29) is 11.5 Å². The topological polar surface area (TPSA) is 117 Å². The number of ether oxygens (including phenoxy) is 3. The number of rotatable bonds is 6. The molecular formula is C19H24ClN7O4. The van der Waals surface area contributed by atoms with E-state index >= 15 is 0 Å². The van der Waals surface area contributed by atoms with Crippen LogP contribution in [0.5, 0.6) is 11.5 Å². The van der Waals surface area contributed by atoms with Crippen molar-refractivity contribution in [1.82, 2.24) is 15.0 Å². The summed E-state index contributed by atoms with van der Waals surface area (Å²) in [5.41, 5.74) is 3.23. The highest BCUT2D eigenvalue weighted by Crippen LogP contribution is 2.32. The van der Waals surface area contributed by atoms with Crippen LogP contribution in [0, 0.1) is 0 Å². The molecule has 1 aromatic heterocycles. The molecule has 0 atom stereocenters. The first-order chi connectivity index (χ1) is 15.1. The van der Waals surface area contributed by atoms with Gasteiger partial charge in [0.1, 0.15) is 0 Å². The molecule has 11 nitrogen and oxygen atoms in total. The van der Waals surface area contributed by atoms with Crippen molar-refractivity contribution < 1.29 is 19.3 Å². The van der Waals surface area contributed by atoms with Crippen molar-refractivity contribution in [3.05, 3.63) is 22.7 Å². The zero-order valence-electron chi connectivity index (χ0n) is 17.1. The molecule has 0 saturated carbocycles. The van der Waals surface area contributed by atoms with Crippen LogP contribution in [0.2, 0.25) is 5.02 Å². The molecule has 0 amide bonds. The number of nitrogens with zero attached hydrogens (tertiary/aromatic N) is 6. The first-order valence-corrected chi connectivity index (χ1v) is 10.3. The molecule has 0 spiro atoms. The molecular weight excluding hydrogens is 426 g/mol. The maximum atomic E-state index is 10.3. The van der Waals surface area contributed by atoms with E-state index in [0.717, 1.165) is 0 Å². The molecule has 2 aliphatic rings. The lowest BCUT2D eigenvalue weighted by atomic mass is 10.2. The second-order valence-corrected chi connectivity index (χ2v) is 7.31. The van der Waals surface area contributed by atoms with Gasteiger partial charge < -0.3 is 29.1 Å². The van der Waals surface area contributed by atoms with Crippen LogP contribution in [0.1, 0.15) is 5.56 Å². The Labute approximate surface area is 184 Å². The highest BCUT2D eigenvalue weighted by atomic mass is 35.5. The minimum absolute atomic E-state index is 0.0592. The Hall–Kier alpha value is -2.89. The van der Waals surface area contributed by atoms with Gasteiger partial charge in [0, 0.05) is 42.8 Å². The van der Waals surface area contributed by atoms with Gasteiger partial charge in [-0.25, -0.2) is 5.43 Å². The third-order valence-electron chi connectivity index (χ3n) is 4.86. The number of benzene rings is 1. The maximum Gasteiger partial charge on any atom is 0.250 e. The lowest BCUT2D eigenvalue weighted by Crippen LogP contribution is -2.40. The van der Waals surface area contributed by atoms with Crippen molar-refractivity contribution in [2.45, 2.75) is 0 Å². The summed E-state index contributed by atoms with van der Waals surface area (Å²) in [5.74, 6) is 1.62. The zero-order valence-corrected chi connectivity index (χ0v) is 17.9. The molecule has 31 heavy (non-hydrogen) atoms. The van der Waals surface area contributed by atoms with E-state index < -0.39 is 0 Å². The lowest BCUT2D eigenvalue weighted by molar-refractivity contribution is 0.121. The Morgan fingerprint density at radius 1 is 1.03 bits per heavy atom. The summed E-state index contributed by atoms with van der Waals surface area (Å²) in [6.45, 7) is 5.28. The second-order valence-electron chi connectivity index (χ2n) is 6.87. The first-order valence-electron chi connectivity index (χ1n) is 9.91. The second kappa shape index (κ2) is 9.94. The van der Waals surface area contributed by atoms with Gasteiger partial charge in [-0.3, -0.25) is 0 Å². The lowest BCUT2D eigenvalue weighted by Gasteiger charge is -2.30. The molecule has 166 valence electrons. The monoisotopic (exact) mass is 449 g/mol. The molecule has 2 fully saturated rings. The zero-order chi connectivity index (χ0) is 21.6. The number of hydrazone groups is 1. The number of nitrogens with one attached hydrogen (secondary N) is 1. The molecule has 4 rings (SSSR count). The molecule has 12 heteroatoms. The number of phenols is 1. The van der Waals surface area contributed by atoms with Crippen molar-refractivity contribution in [3.8, 4) is 11.5 Å². The van der Waals surface area contributed by atoms with Gasteiger partial charge in [-0.05, 0) is 6.07 Å². The number of aromatic hydroxyl groups is 1. The fourth-order valence-corrected chi connectivity index (χ4v) is 3.44. The van der Waals surface area contributed by atoms with Crippen LogP contribution < -0.4 is 20.0 Å². The molecule has 2 aromatic rings. The Morgan fingerprint density at radius 3 is 2.16 bits per heavy atom. The van der Waals surface area contributed by atoms with Gasteiger partial charge in [0.05, 0.1) is 39.8 Å². The standard InChI is InChI=1S/C19H24ClN7O4/c1-29-15-11-14(20)10-13(16(15)28)12-21-25-17-22-18(26-2-6-30-7-3-26)24-19(23-17)27-4-8-31-9-5-27/h10-12,28H,2-9H2,1H3,(H,22,23,24,25)/b21-12-. The van der Waals surface area contributed by atoms with E-state index in [4.69, 9.17) is 25.8 Å². The summed E-state index contributed by atoms with van der Waals surface area (Å²) in [7, 11) is 1.45. The highest BCUT2D eigenvalue weighted by Gasteiger charge is 2.20. The number of anilines is 3. The quantitative estimate of drug-likeness (QED) is 0.494. The molecule has 2 saturated heterocycles. The fraction of sp³-hybridized carbons (Fsp3) is 0.474. The Balaban J connectivity index is 1.58. The largest absolute Gasteiger partial charge is 0.504 e. The number of hydrogen-bond donors (Lipinski definition) is 2. The fourth-order valence-electron chi connectivity index (χ4n) is 3.22. The average molecular weight is 450 g/mol. The number of methoxy groups -OCH3 is 1.